The van der Waals surface area contributed by atoms with Crippen LogP contribution in [0.3, 0.4) is 0 Å². The normalized spacial score (nSPS) is 22.5. The summed E-state index contributed by atoms with van der Waals surface area (Å²) in [5.74, 6) is -0.253. The maximum atomic E-state index is 13.6. The lowest BCUT2D eigenvalue weighted by atomic mass is 9.84. The van der Waals surface area contributed by atoms with Gasteiger partial charge in [-0.3, -0.25) is 14.4 Å². The number of carbonyl (C=O) groups is 3. The van der Waals surface area contributed by atoms with Crippen molar-refractivity contribution in [3.8, 4) is 5.75 Å². The second kappa shape index (κ2) is 9.61. The van der Waals surface area contributed by atoms with E-state index in [-0.39, 0.29) is 36.2 Å². The number of benzene rings is 2. The maximum absolute atomic E-state index is 13.6. The number of halogens is 1. The smallest absolute Gasteiger partial charge is 0.254 e. The summed E-state index contributed by atoms with van der Waals surface area (Å²) in [7, 11) is 1.56. The Morgan fingerprint density at radius 1 is 1.16 bits per heavy atom. The molecule has 8 heteroatoms. The van der Waals surface area contributed by atoms with E-state index in [2.05, 4.69) is 10.6 Å². The Balaban J connectivity index is 1.59. The Morgan fingerprint density at radius 3 is 2.62 bits per heavy atom. The summed E-state index contributed by atoms with van der Waals surface area (Å²) < 4.78 is 5.18. The molecule has 3 amide bonds. The molecule has 1 saturated carbocycles. The van der Waals surface area contributed by atoms with Gasteiger partial charge < -0.3 is 20.3 Å². The van der Waals surface area contributed by atoms with Crippen LogP contribution in [0.4, 0.5) is 5.69 Å². The lowest BCUT2D eigenvalue weighted by molar-refractivity contribution is -0.135. The van der Waals surface area contributed by atoms with E-state index in [4.69, 9.17) is 16.3 Å². The van der Waals surface area contributed by atoms with Crippen molar-refractivity contribution >= 4 is 35.0 Å². The maximum Gasteiger partial charge on any atom is 0.254 e. The number of amides is 3. The summed E-state index contributed by atoms with van der Waals surface area (Å²) in [6.07, 6.45) is 3.46. The zero-order chi connectivity index (χ0) is 22.7. The molecule has 7 nitrogen and oxygen atoms in total. The van der Waals surface area contributed by atoms with E-state index in [0.717, 1.165) is 25.7 Å². The summed E-state index contributed by atoms with van der Waals surface area (Å²) in [4.78, 5) is 41.0. The van der Waals surface area contributed by atoms with Gasteiger partial charge in [-0.25, -0.2) is 0 Å². The molecular formula is C24H26ClN3O4. The van der Waals surface area contributed by atoms with Crippen molar-refractivity contribution in [3.05, 3.63) is 59.1 Å². The summed E-state index contributed by atoms with van der Waals surface area (Å²) in [5.41, 5.74) is 1.01. The molecule has 4 rings (SSSR count). The van der Waals surface area contributed by atoms with E-state index in [1.807, 2.05) is 0 Å². The number of piperazine rings is 1. The number of anilines is 1. The van der Waals surface area contributed by atoms with Crippen LogP contribution < -0.4 is 15.4 Å². The van der Waals surface area contributed by atoms with E-state index >= 15 is 0 Å². The minimum atomic E-state index is -0.886. The number of ether oxygens (including phenoxy) is 1. The number of nitrogens with one attached hydrogen (secondary N) is 2. The minimum Gasteiger partial charge on any atom is -0.497 e. The molecule has 168 valence electrons. The molecule has 32 heavy (non-hydrogen) atoms. The zero-order valence-corrected chi connectivity index (χ0v) is 18.6. The Morgan fingerprint density at radius 2 is 1.91 bits per heavy atom. The fourth-order valence-electron chi connectivity index (χ4n) is 4.57. The van der Waals surface area contributed by atoms with Gasteiger partial charge in [-0.05, 0) is 55.3 Å². The van der Waals surface area contributed by atoms with Crippen LogP contribution in [-0.4, -0.2) is 47.9 Å². The highest BCUT2D eigenvalue weighted by molar-refractivity contribution is 6.30. The molecule has 1 aliphatic carbocycles. The first-order valence-corrected chi connectivity index (χ1v) is 11.2. The topological polar surface area (TPSA) is 87.7 Å². The van der Waals surface area contributed by atoms with Crippen molar-refractivity contribution in [2.45, 2.75) is 50.2 Å². The molecule has 0 bridgehead atoms. The van der Waals surface area contributed by atoms with E-state index in [1.165, 1.54) is 0 Å². The molecule has 3 atom stereocenters. The molecule has 2 aromatic carbocycles. The first-order chi connectivity index (χ1) is 15.5. The highest BCUT2D eigenvalue weighted by Gasteiger charge is 2.46. The van der Waals surface area contributed by atoms with Gasteiger partial charge in [0.15, 0.2) is 0 Å². The van der Waals surface area contributed by atoms with E-state index < -0.39 is 6.04 Å². The minimum absolute atomic E-state index is 0.0920. The predicted molar refractivity (Wildman–Crippen MR) is 122 cm³/mol. The third kappa shape index (κ3) is 4.72. The van der Waals surface area contributed by atoms with Crippen LogP contribution in [0.15, 0.2) is 48.5 Å². The van der Waals surface area contributed by atoms with Crippen LogP contribution >= 0.6 is 11.6 Å². The van der Waals surface area contributed by atoms with Gasteiger partial charge in [-0.1, -0.05) is 30.5 Å². The van der Waals surface area contributed by atoms with Gasteiger partial charge in [0.25, 0.3) is 5.91 Å². The summed E-state index contributed by atoms with van der Waals surface area (Å²) in [6, 6.07) is 12.5. The van der Waals surface area contributed by atoms with Crippen LogP contribution in [0.5, 0.6) is 5.75 Å². The van der Waals surface area contributed by atoms with Crippen molar-refractivity contribution in [2.24, 2.45) is 0 Å². The number of hydrogen-bond acceptors (Lipinski definition) is 4. The third-order valence-electron chi connectivity index (χ3n) is 6.11. The molecular weight excluding hydrogens is 430 g/mol. The second-order valence-electron chi connectivity index (χ2n) is 8.19. The monoisotopic (exact) mass is 455 g/mol. The number of hydrogen-bond donors (Lipinski definition) is 2. The highest BCUT2D eigenvalue weighted by atomic mass is 35.5. The lowest BCUT2D eigenvalue weighted by Gasteiger charge is -2.48. The van der Waals surface area contributed by atoms with Gasteiger partial charge in [0.05, 0.1) is 19.6 Å². The molecule has 0 aromatic heterocycles. The van der Waals surface area contributed by atoms with Gasteiger partial charge in [0, 0.05) is 22.3 Å². The average molecular weight is 456 g/mol. The third-order valence-corrected chi connectivity index (χ3v) is 6.35. The Hall–Kier alpha value is -3.06. The van der Waals surface area contributed by atoms with E-state index in [0.29, 0.717) is 22.0 Å². The first-order valence-electron chi connectivity index (χ1n) is 10.8. The van der Waals surface area contributed by atoms with Crippen LogP contribution in [0.25, 0.3) is 0 Å². The zero-order valence-electron chi connectivity index (χ0n) is 17.8. The first kappa shape index (κ1) is 22.1. The number of fused-ring (bicyclic) bond motifs is 1. The number of carbonyl (C=O) groups excluding carboxylic acids is 3. The van der Waals surface area contributed by atoms with Crippen LogP contribution in [-0.2, 0) is 9.59 Å². The van der Waals surface area contributed by atoms with Crippen molar-refractivity contribution in [3.63, 3.8) is 0 Å². The summed E-state index contributed by atoms with van der Waals surface area (Å²) >= 11 is 6.00. The molecule has 0 radical (unpaired) electrons. The molecule has 1 saturated heterocycles. The van der Waals surface area contributed by atoms with Gasteiger partial charge in [0.1, 0.15) is 11.8 Å². The molecule has 0 spiro atoms. The summed E-state index contributed by atoms with van der Waals surface area (Å²) in [5, 5.41) is 6.33. The van der Waals surface area contributed by atoms with Gasteiger partial charge in [0.2, 0.25) is 11.8 Å². The van der Waals surface area contributed by atoms with Gasteiger partial charge >= 0.3 is 0 Å². The Kier molecular flexibility index (Phi) is 6.65. The fraction of sp³-hybridized carbons (Fsp3) is 0.375. The predicted octanol–water partition coefficient (Wildman–Crippen LogP) is 3.63. The standard InChI is InChI=1S/C24H26ClN3O4/c1-32-18-11-9-15(10-12-18)24(31)28-20-8-3-2-7-19(20)27-23(30)21(28)14-22(29)26-17-6-4-5-16(25)13-17/h4-6,9-13,19-21H,2-3,7-8,14H2,1H3,(H,26,29)(H,27,30)/t19-,20+,21+/m0/s1. The van der Waals surface area contributed by atoms with Crippen LogP contribution in [0.1, 0.15) is 42.5 Å². The molecule has 2 N–H and O–H groups in total. The van der Waals surface area contributed by atoms with Crippen molar-refractivity contribution in [1.82, 2.24) is 10.2 Å². The van der Waals surface area contributed by atoms with Gasteiger partial charge in [-0.15, -0.1) is 0 Å². The number of methoxy groups -OCH3 is 1. The van der Waals surface area contributed by atoms with Crippen LogP contribution in [0, 0.1) is 0 Å². The SMILES string of the molecule is COc1ccc(C(=O)N2[C@H](CC(=O)Nc3cccc(Cl)c3)C(=O)N[C@H]3CCCC[C@H]32)cc1. The second-order valence-corrected chi connectivity index (χ2v) is 8.62. The van der Waals surface area contributed by atoms with Crippen molar-refractivity contribution in [2.75, 3.05) is 12.4 Å². The molecule has 1 aliphatic heterocycles. The fourth-order valence-corrected chi connectivity index (χ4v) is 4.76. The van der Waals surface area contributed by atoms with Crippen molar-refractivity contribution < 1.29 is 19.1 Å². The Bertz CT molecular complexity index is 1010. The quantitative estimate of drug-likeness (QED) is 0.720. The molecule has 2 aliphatic rings. The highest BCUT2D eigenvalue weighted by Crippen LogP contribution is 2.31. The van der Waals surface area contributed by atoms with Crippen LogP contribution in [0.2, 0.25) is 5.02 Å². The number of nitrogens with zero attached hydrogens (tertiary/aromatic N) is 1. The molecule has 0 unspecified atom stereocenters. The number of rotatable bonds is 5. The lowest BCUT2D eigenvalue weighted by Crippen LogP contribution is -2.68. The molecule has 1 heterocycles. The largest absolute Gasteiger partial charge is 0.497 e. The summed E-state index contributed by atoms with van der Waals surface area (Å²) in [6.45, 7) is 0. The average Bonchev–Trinajstić information content (AvgIpc) is 2.79. The Labute approximate surface area is 192 Å². The molecule has 2 aromatic rings. The van der Waals surface area contributed by atoms with E-state index in [1.54, 1.807) is 60.5 Å². The van der Waals surface area contributed by atoms with E-state index in [9.17, 15) is 14.4 Å². The van der Waals surface area contributed by atoms with Gasteiger partial charge in [-0.2, -0.15) is 0 Å². The van der Waals surface area contributed by atoms with Crippen molar-refractivity contribution in [1.29, 1.82) is 0 Å². The molecule has 2 fully saturated rings.